The fourth-order valence-electron chi connectivity index (χ4n) is 2.78. The molecule has 2 aromatic rings. The molecule has 2 heteroatoms. The van der Waals surface area contributed by atoms with Gasteiger partial charge in [0.15, 0.2) is 0 Å². The molecule has 1 aliphatic rings. The normalized spacial score (nSPS) is 19.9. The molecule has 3 rings (SSSR count). The predicted octanol–water partition coefficient (Wildman–Crippen LogP) is 3.36. The van der Waals surface area contributed by atoms with Gasteiger partial charge in [-0.25, -0.2) is 0 Å². The van der Waals surface area contributed by atoms with E-state index >= 15 is 0 Å². The Morgan fingerprint density at radius 1 is 1.31 bits per heavy atom. The molecular formula is C14H17NS. The van der Waals surface area contributed by atoms with Crippen LogP contribution in [0.1, 0.15) is 23.3 Å². The summed E-state index contributed by atoms with van der Waals surface area (Å²) in [5.41, 5.74) is 7.29. The van der Waals surface area contributed by atoms with Crippen molar-refractivity contribution in [2.45, 2.75) is 25.7 Å². The molecule has 0 aliphatic heterocycles. The van der Waals surface area contributed by atoms with Crippen LogP contribution in [0.15, 0.2) is 24.3 Å². The Morgan fingerprint density at radius 2 is 2.19 bits per heavy atom. The summed E-state index contributed by atoms with van der Waals surface area (Å²) in [5, 5.41) is 1.49. The molecule has 2 N–H and O–H groups in total. The van der Waals surface area contributed by atoms with Gasteiger partial charge in [-0.15, -0.1) is 11.3 Å². The molecule has 1 nitrogen and oxygen atoms in total. The van der Waals surface area contributed by atoms with Crippen LogP contribution in [0.3, 0.4) is 0 Å². The molecular weight excluding hydrogens is 214 g/mol. The SMILES string of the molecule is NCCC1CCc2sc3ccccc3c2C1. The Bertz CT molecular complexity index is 500. The molecule has 1 aliphatic carbocycles. The van der Waals surface area contributed by atoms with Crippen molar-refractivity contribution in [2.75, 3.05) is 6.54 Å². The second-order valence-corrected chi connectivity index (χ2v) is 5.82. The highest BCUT2D eigenvalue weighted by molar-refractivity contribution is 7.19. The quantitative estimate of drug-likeness (QED) is 0.842. The van der Waals surface area contributed by atoms with Crippen LogP contribution in [0.25, 0.3) is 10.1 Å². The Balaban J connectivity index is 2.01. The van der Waals surface area contributed by atoms with Crippen LogP contribution in [-0.4, -0.2) is 6.54 Å². The summed E-state index contributed by atoms with van der Waals surface area (Å²) in [5.74, 6) is 0.815. The van der Waals surface area contributed by atoms with Crippen LogP contribution in [0, 0.1) is 5.92 Å². The van der Waals surface area contributed by atoms with Gasteiger partial charge in [-0.1, -0.05) is 18.2 Å². The number of hydrogen-bond acceptors (Lipinski definition) is 2. The van der Waals surface area contributed by atoms with Gasteiger partial charge in [0, 0.05) is 9.58 Å². The lowest BCUT2D eigenvalue weighted by atomic mass is 9.85. The molecule has 0 saturated carbocycles. The van der Waals surface area contributed by atoms with Gasteiger partial charge in [-0.3, -0.25) is 0 Å². The first-order chi connectivity index (χ1) is 7.88. The zero-order valence-electron chi connectivity index (χ0n) is 9.41. The van der Waals surface area contributed by atoms with E-state index < -0.39 is 0 Å². The van der Waals surface area contributed by atoms with Crippen LogP contribution in [-0.2, 0) is 12.8 Å². The van der Waals surface area contributed by atoms with E-state index in [1.54, 1.807) is 10.4 Å². The van der Waals surface area contributed by atoms with Crippen LogP contribution in [0.2, 0.25) is 0 Å². The number of aryl methyl sites for hydroxylation is 1. The molecule has 16 heavy (non-hydrogen) atoms. The zero-order chi connectivity index (χ0) is 11.0. The van der Waals surface area contributed by atoms with Gasteiger partial charge in [-0.05, 0) is 55.2 Å². The maximum Gasteiger partial charge on any atom is 0.0348 e. The minimum Gasteiger partial charge on any atom is -0.330 e. The molecule has 1 aromatic carbocycles. The maximum atomic E-state index is 5.67. The fraction of sp³-hybridized carbons (Fsp3) is 0.429. The third-order valence-electron chi connectivity index (χ3n) is 3.63. The second-order valence-electron chi connectivity index (χ2n) is 4.69. The molecule has 1 heterocycles. The number of thiophene rings is 1. The molecule has 84 valence electrons. The van der Waals surface area contributed by atoms with Gasteiger partial charge >= 0.3 is 0 Å². The van der Waals surface area contributed by atoms with Crippen LogP contribution >= 0.6 is 11.3 Å². The lowest BCUT2D eigenvalue weighted by molar-refractivity contribution is 0.438. The molecule has 0 fully saturated rings. The Hall–Kier alpha value is -0.860. The van der Waals surface area contributed by atoms with Gasteiger partial charge in [-0.2, -0.15) is 0 Å². The van der Waals surface area contributed by atoms with Crippen LogP contribution in [0.4, 0.5) is 0 Å². The molecule has 1 aromatic heterocycles. The summed E-state index contributed by atoms with van der Waals surface area (Å²) in [7, 11) is 0. The Morgan fingerprint density at radius 3 is 3.06 bits per heavy atom. The van der Waals surface area contributed by atoms with E-state index in [4.69, 9.17) is 5.73 Å². The summed E-state index contributed by atoms with van der Waals surface area (Å²) in [6, 6.07) is 8.81. The van der Waals surface area contributed by atoms with Crippen molar-refractivity contribution in [3.05, 3.63) is 34.7 Å². The van der Waals surface area contributed by atoms with Gasteiger partial charge in [0.2, 0.25) is 0 Å². The highest BCUT2D eigenvalue weighted by Crippen LogP contribution is 2.38. The van der Waals surface area contributed by atoms with Crippen LogP contribution < -0.4 is 5.73 Å². The average Bonchev–Trinajstić information content (AvgIpc) is 2.68. The van der Waals surface area contributed by atoms with E-state index in [1.807, 2.05) is 11.3 Å². The van der Waals surface area contributed by atoms with Crippen molar-refractivity contribution in [3.63, 3.8) is 0 Å². The third-order valence-corrected chi connectivity index (χ3v) is 4.90. The smallest absolute Gasteiger partial charge is 0.0348 e. The summed E-state index contributed by atoms with van der Waals surface area (Å²) in [6.07, 6.45) is 5.02. The monoisotopic (exact) mass is 231 g/mol. The minimum atomic E-state index is 0.815. The fourth-order valence-corrected chi connectivity index (χ4v) is 4.03. The molecule has 1 unspecified atom stereocenters. The second kappa shape index (κ2) is 4.19. The number of benzene rings is 1. The van der Waals surface area contributed by atoms with Crippen molar-refractivity contribution >= 4 is 21.4 Å². The van der Waals surface area contributed by atoms with Crippen molar-refractivity contribution in [2.24, 2.45) is 11.7 Å². The third kappa shape index (κ3) is 1.66. The van der Waals surface area contributed by atoms with Crippen molar-refractivity contribution < 1.29 is 0 Å². The Kier molecular flexibility index (Phi) is 2.70. The lowest BCUT2D eigenvalue weighted by Crippen LogP contribution is -2.16. The molecule has 0 radical (unpaired) electrons. The molecule has 1 atom stereocenters. The first-order valence-corrected chi connectivity index (χ1v) is 6.89. The van der Waals surface area contributed by atoms with Gasteiger partial charge in [0.25, 0.3) is 0 Å². The number of rotatable bonds is 2. The summed E-state index contributed by atoms with van der Waals surface area (Å²) in [6.45, 7) is 0.835. The summed E-state index contributed by atoms with van der Waals surface area (Å²) in [4.78, 5) is 1.62. The summed E-state index contributed by atoms with van der Waals surface area (Å²) < 4.78 is 1.46. The van der Waals surface area contributed by atoms with Crippen molar-refractivity contribution in [3.8, 4) is 0 Å². The van der Waals surface area contributed by atoms with Gasteiger partial charge in [0.05, 0.1) is 0 Å². The largest absolute Gasteiger partial charge is 0.330 e. The standard InChI is InChI=1S/C14H17NS/c15-8-7-10-5-6-14-12(9-10)11-3-1-2-4-13(11)16-14/h1-4,10H,5-9,15H2. The number of fused-ring (bicyclic) bond motifs is 3. The predicted molar refractivity (Wildman–Crippen MR) is 71.0 cm³/mol. The highest BCUT2D eigenvalue weighted by atomic mass is 32.1. The Labute approximate surface area is 100 Å². The molecule has 0 amide bonds. The minimum absolute atomic E-state index is 0.815. The van der Waals surface area contributed by atoms with E-state index in [2.05, 4.69) is 24.3 Å². The lowest BCUT2D eigenvalue weighted by Gasteiger charge is -2.21. The first kappa shape index (κ1) is 10.3. The van der Waals surface area contributed by atoms with Gasteiger partial charge < -0.3 is 5.73 Å². The molecule has 0 saturated heterocycles. The number of nitrogens with two attached hydrogens (primary N) is 1. The highest BCUT2D eigenvalue weighted by Gasteiger charge is 2.21. The zero-order valence-corrected chi connectivity index (χ0v) is 10.2. The average molecular weight is 231 g/mol. The van der Waals surface area contributed by atoms with Crippen molar-refractivity contribution in [1.82, 2.24) is 0 Å². The topological polar surface area (TPSA) is 26.0 Å². The van der Waals surface area contributed by atoms with Crippen LogP contribution in [0.5, 0.6) is 0 Å². The van der Waals surface area contributed by atoms with E-state index in [1.165, 1.54) is 35.8 Å². The van der Waals surface area contributed by atoms with E-state index in [0.29, 0.717) is 0 Å². The van der Waals surface area contributed by atoms with E-state index in [0.717, 1.165) is 12.5 Å². The molecule has 0 spiro atoms. The maximum absolute atomic E-state index is 5.67. The van der Waals surface area contributed by atoms with E-state index in [-0.39, 0.29) is 0 Å². The first-order valence-electron chi connectivity index (χ1n) is 6.08. The summed E-state index contributed by atoms with van der Waals surface area (Å²) >= 11 is 1.99. The van der Waals surface area contributed by atoms with Gasteiger partial charge in [0.1, 0.15) is 0 Å². The van der Waals surface area contributed by atoms with E-state index in [9.17, 15) is 0 Å². The van der Waals surface area contributed by atoms with Crippen molar-refractivity contribution in [1.29, 1.82) is 0 Å². The number of hydrogen-bond donors (Lipinski definition) is 1. The molecule has 0 bridgehead atoms.